The number of halogens is 2. The Morgan fingerprint density at radius 1 is 1.29 bits per heavy atom. The zero-order valence-corrected chi connectivity index (χ0v) is 14.4. The van der Waals surface area contributed by atoms with E-state index in [1.165, 1.54) is 4.68 Å². The van der Waals surface area contributed by atoms with Crippen LogP contribution in [0, 0.1) is 0 Å². The lowest BCUT2D eigenvalue weighted by molar-refractivity contribution is 0.501. The van der Waals surface area contributed by atoms with Crippen molar-refractivity contribution in [2.24, 2.45) is 0 Å². The molecule has 0 aliphatic heterocycles. The smallest absolute Gasteiger partial charge is 0.283 e. The van der Waals surface area contributed by atoms with Gasteiger partial charge in [0.05, 0.1) is 24.0 Å². The Balaban J connectivity index is 2.31. The van der Waals surface area contributed by atoms with E-state index >= 15 is 0 Å². The van der Waals surface area contributed by atoms with Crippen molar-refractivity contribution in [3.63, 3.8) is 0 Å². The maximum atomic E-state index is 12.2. The Kier molecular flexibility index (Phi) is 5.06. The lowest BCUT2D eigenvalue weighted by atomic mass is 10.1. The van der Waals surface area contributed by atoms with Gasteiger partial charge in [0.15, 0.2) is 0 Å². The number of aromatic nitrogens is 2. The second-order valence-electron chi connectivity index (χ2n) is 5.10. The summed E-state index contributed by atoms with van der Waals surface area (Å²) in [4.78, 5) is 12.2. The fourth-order valence-corrected chi connectivity index (χ4v) is 2.75. The quantitative estimate of drug-likeness (QED) is 0.867. The minimum absolute atomic E-state index is 0.0174. The van der Waals surface area contributed by atoms with E-state index in [9.17, 15) is 4.79 Å². The summed E-state index contributed by atoms with van der Waals surface area (Å²) >= 11 is 9.54. The van der Waals surface area contributed by atoms with E-state index in [1.54, 1.807) is 6.20 Å². The van der Waals surface area contributed by atoms with Gasteiger partial charge in [-0.3, -0.25) is 4.79 Å². The highest BCUT2D eigenvalue weighted by Crippen LogP contribution is 2.27. The Labute approximate surface area is 137 Å². The van der Waals surface area contributed by atoms with E-state index in [0.29, 0.717) is 15.2 Å². The fraction of sp³-hybridized carbons (Fsp3) is 0.333. The summed E-state index contributed by atoms with van der Waals surface area (Å²) in [5.41, 5.74) is 1.48. The maximum Gasteiger partial charge on any atom is 0.283 e. The molecule has 1 atom stereocenters. The van der Waals surface area contributed by atoms with Gasteiger partial charge in [0.1, 0.15) is 4.47 Å². The summed E-state index contributed by atoms with van der Waals surface area (Å²) < 4.78 is 1.92. The normalized spacial score (nSPS) is 12.5. The van der Waals surface area contributed by atoms with Crippen molar-refractivity contribution in [1.29, 1.82) is 0 Å². The highest BCUT2D eigenvalue weighted by atomic mass is 79.9. The molecule has 4 nitrogen and oxygen atoms in total. The van der Waals surface area contributed by atoms with Gasteiger partial charge in [-0.1, -0.05) is 29.8 Å². The first-order valence-corrected chi connectivity index (χ1v) is 7.87. The van der Waals surface area contributed by atoms with Gasteiger partial charge in [-0.2, -0.15) is 5.10 Å². The first-order chi connectivity index (χ1) is 9.91. The highest BCUT2D eigenvalue weighted by Gasteiger charge is 2.14. The number of nitrogens with zero attached hydrogens (tertiary/aromatic N) is 2. The number of nitrogens with one attached hydrogen (secondary N) is 1. The van der Waals surface area contributed by atoms with Crippen molar-refractivity contribution in [2.45, 2.75) is 32.9 Å². The first kappa shape index (κ1) is 16.0. The summed E-state index contributed by atoms with van der Waals surface area (Å²) in [6, 6.07) is 7.61. The SMILES string of the molecule is CC(Nc1cnn(C(C)C)c(=O)c1Br)c1ccccc1Cl. The van der Waals surface area contributed by atoms with Gasteiger partial charge in [0.2, 0.25) is 0 Å². The van der Waals surface area contributed by atoms with E-state index in [4.69, 9.17) is 11.6 Å². The average Bonchev–Trinajstić information content (AvgIpc) is 2.44. The third-order valence-corrected chi connectivity index (χ3v) is 4.29. The van der Waals surface area contributed by atoms with Crippen LogP contribution in [0.5, 0.6) is 0 Å². The minimum Gasteiger partial charge on any atom is -0.376 e. The van der Waals surface area contributed by atoms with Gasteiger partial charge in [-0.05, 0) is 48.3 Å². The topological polar surface area (TPSA) is 46.9 Å². The van der Waals surface area contributed by atoms with Crippen LogP contribution in [0.3, 0.4) is 0 Å². The summed E-state index contributed by atoms with van der Waals surface area (Å²) in [7, 11) is 0. The molecule has 0 spiro atoms. The molecule has 1 heterocycles. The Hall–Kier alpha value is -1.33. The zero-order valence-electron chi connectivity index (χ0n) is 12.1. The molecular formula is C15H17BrClN3O. The van der Waals surface area contributed by atoms with Crippen LogP contribution in [0.1, 0.15) is 38.4 Å². The third kappa shape index (κ3) is 3.47. The largest absolute Gasteiger partial charge is 0.376 e. The molecule has 1 N–H and O–H groups in total. The van der Waals surface area contributed by atoms with Crippen LogP contribution >= 0.6 is 27.5 Å². The number of hydrogen-bond acceptors (Lipinski definition) is 3. The van der Waals surface area contributed by atoms with Crippen LogP contribution in [0.2, 0.25) is 5.02 Å². The number of hydrogen-bond donors (Lipinski definition) is 1. The molecule has 1 unspecified atom stereocenters. The number of anilines is 1. The second-order valence-corrected chi connectivity index (χ2v) is 6.30. The number of rotatable bonds is 4. The van der Waals surface area contributed by atoms with Gasteiger partial charge in [0, 0.05) is 5.02 Å². The Bertz CT molecular complexity index is 700. The monoisotopic (exact) mass is 369 g/mol. The van der Waals surface area contributed by atoms with Crippen molar-refractivity contribution in [3.8, 4) is 0 Å². The molecule has 0 amide bonds. The summed E-state index contributed by atoms with van der Waals surface area (Å²) in [6.45, 7) is 5.82. The van der Waals surface area contributed by atoms with Crippen molar-refractivity contribution in [1.82, 2.24) is 9.78 Å². The molecule has 0 fully saturated rings. The standard InChI is InChI=1S/C15H17BrClN3O/c1-9(2)20-15(21)14(16)13(8-18-20)19-10(3)11-6-4-5-7-12(11)17/h4-10,19H,1-3H3. The molecule has 2 rings (SSSR count). The lowest BCUT2D eigenvalue weighted by Gasteiger charge is -2.18. The van der Waals surface area contributed by atoms with E-state index in [2.05, 4.69) is 26.3 Å². The van der Waals surface area contributed by atoms with Crippen LogP contribution in [0.4, 0.5) is 5.69 Å². The van der Waals surface area contributed by atoms with Gasteiger partial charge in [0.25, 0.3) is 5.56 Å². The molecule has 112 valence electrons. The molecule has 6 heteroatoms. The molecule has 0 saturated heterocycles. The van der Waals surface area contributed by atoms with Crippen molar-refractivity contribution in [3.05, 3.63) is 55.9 Å². The van der Waals surface area contributed by atoms with Crippen LogP contribution in [-0.2, 0) is 0 Å². The average molecular weight is 371 g/mol. The Morgan fingerprint density at radius 2 is 1.95 bits per heavy atom. The van der Waals surface area contributed by atoms with Gasteiger partial charge in [-0.25, -0.2) is 4.68 Å². The van der Waals surface area contributed by atoms with E-state index in [0.717, 1.165) is 5.56 Å². The molecule has 0 aliphatic rings. The predicted molar refractivity (Wildman–Crippen MR) is 90.1 cm³/mol. The van der Waals surface area contributed by atoms with Crippen LogP contribution < -0.4 is 10.9 Å². The maximum absolute atomic E-state index is 12.2. The first-order valence-electron chi connectivity index (χ1n) is 6.70. The van der Waals surface area contributed by atoms with E-state index in [-0.39, 0.29) is 17.6 Å². The minimum atomic E-state index is -0.152. The molecule has 0 radical (unpaired) electrons. The summed E-state index contributed by atoms with van der Waals surface area (Å²) in [5.74, 6) is 0. The predicted octanol–water partition coefficient (Wildman–Crippen LogP) is 4.41. The van der Waals surface area contributed by atoms with Crippen molar-refractivity contribution >= 4 is 33.2 Å². The fourth-order valence-electron chi connectivity index (χ4n) is 2.05. The summed E-state index contributed by atoms with van der Waals surface area (Å²) in [6.07, 6.45) is 1.65. The van der Waals surface area contributed by atoms with E-state index < -0.39 is 0 Å². The molecule has 0 bridgehead atoms. The van der Waals surface area contributed by atoms with Crippen LogP contribution in [0.15, 0.2) is 39.7 Å². The van der Waals surface area contributed by atoms with E-state index in [1.807, 2.05) is 45.0 Å². The Morgan fingerprint density at radius 3 is 2.57 bits per heavy atom. The van der Waals surface area contributed by atoms with Gasteiger partial charge in [-0.15, -0.1) is 0 Å². The van der Waals surface area contributed by atoms with Crippen LogP contribution in [-0.4, -0.2) is 9.78 Å². The number of benzene rings is 1. The van der Waals surface area contributed by atoms with Gasteiger partial charge >= 0.3 is 0 Å². The molecular weight excluding hydrogens is 354 g/mol. The summed E-state index contributed by atoms with van der Waals surface area (Å²) in [5, 5.41) is 8.15. The van der Waals surface area contributed by atoms with Gasteiger partial charge < -0.3 is 5.32 Å². The molecule has 0 aliphatic carbocycles. The highest BCUT2D eigenvalue weighted by molar-refractivity contribution is 9.10. The second kappa shape index (κ2) is 6.62. The van der Waals surface area contributed by atoms with Crippen molar-refractivity contribution in [2.75, 3.05) is 5.32 Å². The zero-order chi connectivity index (χ0) is 15.6. The molecule has 0 saturated carbocycles. The molecule has 21 heavy (non-hydrogen) atoms. The molecule has 2 aromatic rings. The van der Waals surface area contributed by atoms with Crippen LogP contribution in [0.25, 0.3) is 0 Å². The molecule has 1 aromatic carbocycles. The third-order valence-electron chi connectivity index (χ3n) is 3.18. The lowest BCUT2D eigenvalue weighted by Crippen LogP contribution is -2.26. The molecule has 1 aromatic heterocycles. The van der Waals surface area contributed by atoms with Crippen molar-refractivity contribution < 1.29 is 0 Å².